The Labute approximate surface area is 96.8 Å². The summed E-state index contributed by atoms with van der Waals surface area (Å²) in [5.74, 6) is 0.919. The molecule has 88 valence electrons. The summed E-state index contributed by atoms with van der Waals surface area (Å²) in [5, 5.41) is 2.32. The van der Waals surface area contributed by atoms with Crippen LogP contribution in [0, 0.1) is 0 Å². The van der Waals surface area contributed by atoms with Crippen molar-refractivity contribution in [2.24, 2.45) is 0 Å². The summed E-state index contributed by atoms with van der Waals surface area (Å²) in [6.45, 7) is 3.04. The monoisotopic (exact) mass is 222 g/mol. The molecule has 1 fully saturated rings. The van der Waals surface area contributed by atoms with Crippen molar-refractivity contribution >= 4 is 0 Å². The summed E-state index contributed by atoms with van der Waals surface area (Å²) in [4.78, 5) is 0. The first-order valence-corrected chi connectivity index (χ1v) is 5.94. The third kappa shape index (κ3) is 3.22. The molecule has 1 aliphatic rings. The lowest BCUT2D eigenvalue weighted by Crippen LogP contribution is -2.84. The molecule has 0 saturated carbocycles. The molecule has 2 rings (SSSR count). The number of hydrogen-bond donors (Lipinski definition) is 1. The average molecular weight is 222 g/mol. The van der Waals surface area contributed by atoms with Gasteiger partial charge in [0.15, 0.2) is 0 Å². The fourth-order valence-electron chi connectivity index (χ4n) is 2.03. The van der Waals surface area contributed by atoms with Gasteiger partial charge in [-0.25, -0.2) is 0 Å². The minimum Gasteiger partial charge on any atom is -0.497 e. The molecule has 2 N–H and O–H groups in total. The molecule has 0 bridgehead atoms. The summed E-state index contributed by atoms with van der Waals surface area (Å²) in [5.41, 5.74) is 1.33. The largest absolute Gasteiger partial charge is 0.497 e. The molecular weight excluding hydrogens is 202 g/mol. The zero-order valence-corrected chi connectivity index (χ0v) is 9.82. The molecule has 1 aromatic carbocycles. The number of benzene rings is 1. The Balaban J connectivity index is 1.71. The van der Waals surface area contributed by atoms with E-state index >= 15 is 0 Å². The Morgan fingerprint density at radius 3 is 2.81 bits per heavy atom. The van der Waals surface area contributed by atoms with Crippen LogP contribution in [-0.2, 0) is 11.3 Å². The highest BCUT2D eigenvalue weighted by Crippen LogP contribution is 2.11. The average Bonchev–Trinajstić information content (AvgIpc) is 2.83. The van der Waals surface area contributed by atoms with E-state index in [1.807, 2.05) is 12.1 Å². The first kappa shape index (κ1) is 11.4. The van der Waals surface area contributed by atoms with Crippen molar-refractivity contribution in [2.45, 2.75) is 25.5 Å². The SMILES string of the molecule is COc1ccc(C[NH2+]C[C@H]2CCCO2)cc1. The van der Waals surface area contributed by atoms with Crippen LogP contribution >= 0.6 is 0 Å². The first-order valence-electron chi connectivity index (χ1n) is 5.94. The van der Waals surface area contributed by atoms with Crippen molar-refractivity contribution in [3.8, 4) is 5.75 Å². The van der Waals surface area contributed by atoms with Gasteiger partial charge in [0.1, 0.15) is 24.9 Å². The fraction of sp³-hybridized carbons (Fsp3) is 0.538. The van der Waals surface area contributed by atoms with Crippen molar-refractivity contribution < 1.29 is 14.8 Å². The predicted octanol–water partition coefficient (Wildman–Crippen LogP) is 0.938. The molecule has 0 amide bonds. The van der Waals surface area contributed by atoms with Crippen LogP contribution in [0.3, 0.4) is 0 Å². The molecular formula is C13H20NO2+. The summed E-state index contributed by atoms with van der Waals surface area (Å²) in [6, 6.07) is 8.25. The van der Waals surface area contributed by atoms with E-state index in [9.17, 15) is 0 Å². The van der Waals surface area contributed by atoms with Gasteiger partial charge in [-0.2, -0.15) is 0 Å². The van der Waals surface area contributed by atoms with E-state index in [4.69, 9.17) is 9.47 Å². The van der Waals surface area contributed by atoms with Gasteiger partial charge in [-0.15, -0.1) is 0 Å². The second-order valence-electron chi connectivity index (χ2n) is 4.21. The maximum Gasteiger partial charge on any atom is 0.118 e. The molecule has 3 heteroatoms. The summed E-state index contributed by atoms with van der Waals surface area (Å²) in [7, 11) is 1.69. The minimum absolute atomic E-state index is 0.471. The Hall–Kier alpha value is -1.06. The van der Waals surface area contributed by atoms with E-state index in [0.717, 1.165) is 25.4 Å². The molecule has 1 atom stereocenters. The molecule has 1 saturated heterocycles. The van der Waals surface area contributed by atoms with E-state index in [-0.39, 0.29) is 0 Å². The van der Waals surface area contributed by atoms with Crippen LogP contribution in [0.2, 0.25) is 0 Å². The topological polar surface area (TPSA) is 35.1 Å². The molecule has 0 radical (unpaired) electrons. The Morgan fingerprint density at radius 2 is 2.19 bits per heavy atom. The summed E-state index contributed by atoms with van der Waals surface area (Å²) in [6.07, 6.45) is 2.92. The minimum atomic E-state index is 0.471. The Kier molecular flexibility index (Phi) is 4.19. The van der Waals surface area contributed by atoms with Crippen molar-refractivity contribution in [1.29, 1.82) is 0 Å². The predicted molar refractivity (Wildman–Crippen MR) is 62.5 cm³/mol. The van der Waals surface area contributed by atoms with Gasteiger partial charge in [0.2, 0.25) is 0 Å². The van der Waals surface area contributed by atoms with Crippen LogP contribution in [0.25, 0.3) is 0 Å². The van der Waals surface area contributed by atoms with E-state index in [2.05, 4.69) is 17.4 Å². The second-order valence-corrected chi connectivity index (χ2v) is 4.21. The van der Waals surface area contributed by atoms with Crippen LogP contribution in [-0.4, -0.2) is 26.4 Å². The normalized spacial score (nSPS) is 19.9. The maximum atomic E-state index is 5.58. The number of ether oxygens (including phenoxy) is 2. The first-order chi connectivity index (χ1) is 7.88. The third-order valence-electron chi connectivity index (χ3n) is 2.99. The van der Waals surface area contributed by atoms with Crippen molar-refractivity contribution in [3.05, 3.63) is 29.8 Å². The summed E-state index contributed by atoms with van der Waals surface area (Å²) >= 11 is 0. The number of hydrogen-bond acceptors (Lipinski definition) is 2. The molecule has 3 nitrogen and oxygen atoms in total. The molecule has 1 aliphatic heterocycles. The Bertz CT molecular complexity index is 304. The quantitative estimate of drug-likeness (QED) is 0.804. The molecule has 0 aromatic heterocycles. The maximum absolute atomic E-state index is 5.58. The lowest BCUT2D eigenvalue weighted by molar-refractivity contribution is -0.676. The van der Waals surface area contributed by atoms with Gasteiger partial charge in [-0.1, -0.05) is 0 Å². The number of rotatable bonds is 5. The zero-order chi connectivity index (χ0) is 11.2. The highest BCUT2D eigenvalue weighted by molar-refractivity contribution is 5.26. The molecule has 0 spiro atoms. The highest BCUT2D eigenvalue weighted by atomic mass is 16.5. The molecule has 0 aliphatic carbocycles. The number of nitrogens with two attached hydrogens (primary N) is 1. The van der Waals surface area contributed by atoms with Gasteiger partial charge >= 0.3 is 0 Å². The second kappa shape index (κ2) is 5.87. The molecule has 1 aromatic rings. The third-order valence-corrected chi connectivity index (χ3v) is 2.99. The number of methoxy groups -OCH3 is 1. The van der Waals surface area contributed by atoms with E-state index < -0.39 is 0 Å². The molecule has 1 heterocycles. The van der Waals surface area contributed by atoms with Gasteiger partial charge in [0, 0.05) is 12.2 Å². The highest BCUT2D eigenvalue weighted by Gasteiger charge is 2.16. The smallest absolute Gasteiger partial charge is 0.118 e. The van der Waals surface area contributed by atoms with Crippen LogP contribution in [0.5, 0.6) is 5.75 Å². The van der Waals surface area contributed by atoms with Crippen molar-refractivity contribution in [2.75, 3.05) is 20.3 Å². The van der Waals surface area contributed by atoms with Gasteiger partial charge < -0.3 is 14.8 Å². The van der Waals surface area contributed by atoms with E-state index in [0.29, 0.717) is 6.10 Å². The van der Waals surface area contributed by atoms with Gasteiger partial charge in [-0.3, -0.25) is 0 Å². The van der Waals surface area contributed by atoms with Gasteiger partial charge in [0.05, 0.1) is 7.11 Å². The zero-order valence-electron chi connectivity index (χ0n) is 9.82. The van der Waals surface area contributed by atoms with E-state index in [1.54, 1.807) is 7.11 Å². The van der Waals surface area contributed by atoms with Crippen LogP contribution in [0.4, 0.5) is 0 Å². The Morgan fingerprint density at radius 1 is 1.38 bits per heavy atom. The van der Waals surface area contributed by atoms with Crippen LogP contribution in [0.1, 0.15) is 18.4 Å². The van der Waals surface area contributed by atoms with E-state index in [1.165, 1.54) is 18.4 Å². The molecule has 16 heavy (non-hydrogen) atoms. The van der Waals surface area contributed by atoms with Crippen molar-refractivity contribution in [1.82, 2.24) is 0 Å². The fourth-order valence-corrected chi connectivity index (χ4v) is 2.03. The van der Waals surface area contributed by atoms with Crippen molar-refractivity contribution in [3.63, 3.8) is 0 Å². The van der Waals surface area contributed by atoms with Gasteiger partial charge in [-0.05, 0) is 37.1 Å². The summed E-state index contributed by atoms with van der Waals surface area (Å²) < 4.78 is 10.7. The lowest BCUT2D eigenvalue weighted by atomic mass is 10.2. The molecule has 0 unspecified atom stereocenters. The standard InChI is InChI=1S/C13H19NO2/c1-15-12-6-4-11(5-7-12)9-14-10-13-3-2-8-16-13/h4-7,13-14H,2-3,8-10H2,1H3/p+1/t13-/m1/s1. The van der Waals surface area contributed by atoms with Gasteiger partial charge in [0.25, 0.3) is 0 Å². The number of quaternary nitrogens is 1. The van der Waals surface area contributed by atoms with Crippen LogP contribution in [0.15, 0.2) is 24.3 Å². The lowest BCUT2D eigenvalue weighted by Gasteiger charge is -2.08. The van der Waals surface area contributed by atoms with Crippen LogP contribution < -0.4 is 10.1 Å².